The predicted octanol–water partition coefficient (Wildman–Crippen LogP) is 2.38. The first-order valence-electron chi connectivity index (χ1n) is 10.2. The summed E-state index contributed by atoms with van der Waals surface area (Å²) in [6.07, 6.45) is 1.44. The second kappa shape index (κ2) is 6.90. The van der Waals surface area contributed by atoms with Gasteiger partial charge in [0.1, 0.15) is 0 Å². The van der Waals surface area contributed by atoms with E-state index in [0.717, 1.165) is 22.6 Å². The molecule has 2 aromatic carbocycles. The van der Waals surface area contributed by atoms with Crippen molar-refractivity contribution in [2.75, 3.05) is 11.4 Å². The Morgan fingerprint density at radius 2 is 1.90 bits per heavy atom. The second-order valence-corrected chi connectivity index (χ2v) is 8.21. The minimum absolute atomic E-state index is 0.0222. The number of nitrogens with one attached hydrogen (secondary N) is 1. The third-order valence-electron chi connectivity index (χ3n) is 6.56. The molecule has 0 aromatic heterocycles. The van der Waals surface area contributed by atoms with E-state index in [4.69, 9.17) is 0 Å². The lowest BCUT2D eigenvalue weighted by atomic mass is 9.68. The number of amides is 4. The molecule has 0 unspecified atom stereocenters. The van der Waals surface area contributed by atoms with Gasteiger partial charge in [0, 0.05) is 30.8 Å². The molecule has 1 N–H and O–H groups in total. The average Bonchev–Trinajstić information content (AvgIpc) is 3.26. The molecule has 31 heavy (non-hydrogen) atoms. The number of benzene rings is 2. The highest BCUT2D eigenvalue weighted by Crippen LogP contribution is 2.49. The number of hydrogen-bond acceptors (Lipinski definition) is 6. The molecule has 3 aliphatic rings. The van der Waals surface area contributed by atoms with Crippen molar-refractivity contribution < 1.29 is 19.3 Å². The Hall–Kier alpha value is -3.75. The quantitative estimate of drug-likeness (QED) is 0.463. The van der Waals surface area contributed by atoms with E-state index >= 15 is 0 Å². The summed E-state index contributed by atoms with van der Waals surface area (Å²) in [5.74, 6) is -1.17. The number of nitrogens with zero attached hydrogens (tertiary/aromatic N) is 3. The van der Waals surface area contributed by atoms with Crippen molar-refractivity contribution in [1.82, 2.24) is 10.2 Å². The first kappa shape index (κ1) is 19.2. The van der Waals surface area contributed by atoms with Crippen LogP contribution in [0.5, 0.6) is 0 Å². The van der Waals surface area contributed by atoms with Gasteiger partial charge < -0.3 is 4.90 Å². The van der Waals surface area contributed by atoms with Crippen molar-refractivity contribution in [3.8, 4) is 0 Å². The van der Waals surface area contributed by atoms with Gasteiger partial charge in [0.25, 0.3) is 5.69 Å². The summed E-state index contributed by atoms with van der Waals surface area (Å²) in [5.41, 5.74) is 0.565. The molecule has 9 heteroatoms. The van der Waals surface area contributed by atoms with E-state index in [2.05, 4.69) is 5.32 Å². The second-order valence-electron chi connectivity index (χ2n) is 8.21. The molecule has 5 rings (SSSR count). The number of rotatable bonds is 3. The Morgan fingerprint density at radius 1 is 1.13 bits per heavy atom. The van der Waals surface area contributed by atoms with E-state index in [1.54, 1.807) is 6.07 Å². The van der Waals surface area contributed by atoms with Crippen LogP contribution in [0.15, 0.2) is 48.5 Å². The number of barbiturate groups is 1. The number of hydrogen-bond donors (Lipinski definition) is 1. The standard InChI is InChI=1S/C22H20N4O5/c27-19-22(20(28)25(21(29)23-19)13-14-5-2-1-3-6-14)12-15-11-16(26(30)31)8-9-17(15)24-10-4-7-18(22)24/h1-3,5-6,8-9,11,18H,4,7,10,12-13H2,(H,23,27,29)/t18-,22-/m0/s1. The van der Waals surface area contributed by atoms with Crippen molar-refractivity contribution in [1.29, 1.82) is 0 Å². The van der Waals surface area contributed by atoms with Crippen LogP contribution in [0.3, 0.4) is 0 Å². The molecule has 1 spiro atoms. The third kappa shape index (κ3) is 2.80. The Morgan fingerprint density at radius 3 is 2.65 bits per heavy atom. The molecule has 4 amide bonds. The van der Waals surface area contributed by atoms with Gasteiger partial charge in [0.15, 0.2) is 5.41 Å². The highest BCUT2D eigenvalue weighted by atomic mass is 16.6. The van der Waals surface area contributed by atoms with Gasteiger partial charge in [0.05, 0.1) is 17.5 Å². The Balaban J connectivity index is 1.60. The van der Waals surface area contributed by atoms with Crippen LogP contribution < -0.4 is 10.2 Å². The van der Waals surface area contributed by atoms with Crippen LogP contribution in [0.25, 0.3) is 0 Å². The van der Waals surface area contributed by atoms with Crippen molar-refractivity contribution in [2.45, 2.75) is 31.8 Å². The first-order chi connectivity index (χ1) is 14.9. The molecule has 2 saturated heterocycles. The van der Waals surface area contributed by atoms with Crippen LogP contribution in [0.4, 0.5) is 16.2 Å². The number of carbonyl (C=O) groups excluding carboxylic acids is 3. The van der Waals surface area contributed by atoms with E-state index in [-0.39, 0.29) is 18.7 Å². The topological polar surface area (TPSA) is 113 Å². The fourth-order valence-electron chi connectivity index (χ4n) is 5.16. The van der Waals surface area contributed by atoms with Gasteiger partial charge in [-0.1, -0.05) is 30.3 Å². The van der Waals surface area contributed by atoms with E-state index < -0.39 is 34.2 Å². The minimum atomic E-state index is -1.50. The van der Waals surface area contributed by atoms with Crippen LogP contribution in [-0.4, -0.2) is 40.3 Å². The summed E-state index contributed by atoms with van der Waals surface area (Å²) in [7, 11) is 0. The lowest BCUT2D eigenvalue weighted by Gasteiger charge is -2.49. The van der Waals surface area contributed by atoms with Crippen molar-refractivity contribution >= 4 is 29.2 Å². The smallest absolute Gasteiger partial charge is 0.331 e. The number of nitro benzene ring substituents is 1. The maximum Gasteiger partial charge on any atom is 0.331 e. The summed E-state index contributed by atoms with van der Waals surface area (Å²) >= 11 is 0. The molecule has 0 bridgehead atoms. The maximum absolute atomic E-state index is 13.8. The summed E-state index contributed by atoms with van der Waals surface area (Å²) in [4.78, 5) is 53.5. The van der Waals surface area contributed by atoms with E-state index in [1.165, 1.54) is 12.1 Å². The largest absolute Gasteiger partial charge is 0.367 e. The molecule has 2 aromatic rings. The molecule has 158 valence electrons. The van der Waals surface area contributed by atoms with Gasteiger partial charge in [-0.05, 0) is 30.0 Å². The number of imide groups is 2. The zero-order valence-electron chi connectivity index (χ0n) is 16.6. The number of urea groups is 1. The summed E-state index contributed by atoms with van der Waals surface area (Å²) in [6, 6.07) is 12.5. The third-order valence-corrected chi connectivity index (χ3v) is 6.56. The molecule has 9 nitrogen and oxygen atoms in total. The zero-order chi connectivity index (χ0) is 21.8. The SMILES string of the molecule is O=C1NC(=O)[C@@]2(Cc3cc([N+](=O)[O-])ccc3N3CCC[C@H]32)C(=O)N1Cc1ccccc1. The molecular weight excluding hydrogens is 400 g/mol. The molecule has 3 aliphatic heterocycles. The zero-order valence-corrected chi connectivity index (χ0v) is 16.6. The van der Waals surface area contributed by atoms with Gasteiger partial charge >= 0.3 is 6.03 Å². The Bertz CT molecular complexity index is 1120. The summed E-state index contributed by atoms with van der Waals surface area (Å²) in [6.45, 7) is 0.694. The fourth-order valence-corrected chi connectivity index (χ4v) is 5.16. The summed E-state index contributed by atoms with van der Waals surface area (Å²) in [5, 5.41) is 13.7. The average molecular weight is 420 g/mol. The molecule has 0 radical (unpaired) electrons. The number of carbonyl (C=O) groups is 3. The molecule has 2 fully saturated rings. The maximum atomic E-state index is 13.8. The lowest BCUT2D eigenvalue weighted by Crippen LogP contribution is -2.70. The molecule has 3 heterocycles. The Labute approximate surface area is 177 Å². The van der Waals surface area contributed by atoms with E-state index in [1.807, 2.05) is 35.2 Å². The molecule has 0 aliphatic carbocycles. The van der Waals surface area contributed by atoms with Crippen LogP contribution >= 0.6 is 0 Å². The van der Waals surface area contributed by atoms with Crippen LogP contribution in [0.1, 0.15) is 24.0 Å². The number of fused-ring (bicyclic) bond motifs is 4. The van der Waals surface area contributed by atoms with Gasteiger partial charge in [-0.3, -0.25) is 29.9 Å². The molecular formula is C22H20N4O5. The molecule has 2 atom stereocenters. The normalized spacial score (nSPS) is 24.8. The van der Waals surface area contributed by atoms with Gasteiger partial charge in [-0.2, -0.15) is 0 Å². The van der Waals surface area contributed by atoms with Gasteiger partial charge in [0.2, 0.25) is 11.8 Å². The molecule has 0 saturated carbocycles. The number of non-ortho nitro benzene ring substituents is 1. The fraction of sp³-hybridized carbons (Fsp3) is 0.318. The van der Waals surface area contributed by atoms with Crippen molar-refractivity contribution in [3.05, 3.63) is 69.8 Å². The highest BCUT2D eigenvalue weighted by Gasteiger charge is 2.62. The van der Waals surface area contributed by atoms with Crippen molar-refractivity contribution in [2.24, 2.45) is 5.41 Å². The lowest BCUT2D eigenvalue weighted by molar-refractivity contribution is -0.384. The van der Waals surface area contributed by atoms with E-state index in [0.29, 0.717) is 18.5 Å². The van der Waals surface area contributed by atoms with Gasteiger partial charge in [-0.15, -0.1) is 0 Å². The summed E-state index contributed by atoms with van der Waals surface area (Å²) < 4.78 is 0. The van der Waals surface area contributed by atoms with Crippen LogP contribution in [0.2, 0.25) is 0 Å². The van der Waals surface area contributed by atoms with E-state index in [9.17, 15) is 24.5 Å². The van der Waals surface area contributed by atoms with Crippen LogP contribution in [-0.2, 0) is 22.6 Å². The highest BCUT2D eigenvalue weighted by molar-refractivity contribution is 6.20. The minimum Gasteiger partial charge on any atom is -0.367 e. The predicted molar refractivity (Wildman–Crippen MR) is 110 cm³/mol. The number of nitro groups is 1. The monoisotopic (exact) mass is 420 g/mol. The number of anilines is 1. The van der Waals surface area contributed by atoms with Crippen LogP contribution in [0, 0.1) is 15.5 Å². The Kier molecular flexibility index (Phi) is 4.28. The first-order valence-corrected chi connectivity index (χ1v) is 10.2. The van der Waals surface area contributed by atoms with Gasteiger partial charge in [-0.25, -0.2) is 4.79 Å². The van der Waals surface area contributed by atoms with Crippen molar-refractivity contribution in [3.63, 3.8) is 0 Å².